The van der Waals surface area contributed by atoms with Crippen LogP contribution < -0.4 is 5.32 Å². The number of nitrogens with zero attached hydrogens (tertiary/aromatic N) is 1. The lowest BCUT2D eigenvalue weighted by Gasteiger charge is -2.17. The molecule has 0 spiro atoms. The van der Waals surface area contributed by atoms with Gasteiger partial charge in [-0.05, 0) is 37.1 Å². The van der Waals surface area contributed by atoms with Gasteiger partial charge in [-0.2, -0.15) is 4.31 Å². The largest absolute Gasteiger partial charge is 0.352 e. The van der Waals surface area contributed by atoms with Crippen LogP contribution in [0, 0.1) is 0 Å². The molecular formula is C13H18N2O5S2. The van der Waals surface area contributed by atoms with Gasteiger partial charge >= 0.3 is 0 Å². The summed E-state index contributed by atoms with van der Waals surface area (Å²) < 4.78 is 48.3. The first-order valence-electron chi connectivity index (χ1n) is 6.66. The van der Waals surface area contributed by atoms with E-state index in [2.05, 4.69) is 5.32 Å². The van der Waals surface area contributed by atoms with Gasteiger partial charge in [-0.25, -0.2) is 16.8 Å². The normalized spacial score (nSPS) is 15.8. The molecule has 0 radical (unpaired) electrons. The second-order valence-corrected chi connectivity index (χ2v) is 9.41. The summed E-state index contributed by atoms with van der Waals surface area (Å²) in [6.07, 6.45) is 2.90. The minimum absolute atomic E-state index is 0.0422. The molecule has 9 heteroatoms. The lowest BCUT2D eigenvalue weighted by Crippen LogP contribution is -2.39. The fourth-order valence-corrected chi connectivity index (χ4v) is 3.58. The zero-order chi connectivity index (χ0) is 16.5. The van der Waals surface area contributed by atoms with Gasteiger partial charge < -0.3 is 5.32 Å². The van der Waals surface area contributed by atoms with E-state index in [0.717, 1.165) is 23.4 Å². The lowest BCUT2D eigenvalue weighted by molar-refractivity contribution is -0.121. The molecule has 7 nitrogen and oxygen atoms in total. The smallest absolute Gasteiger partial charge is 0.243 e. The Morgan fingerprint density at radius 1 is 1.14 bits per heavy atom. The number of nitrogens with one attached hydrogen (secondary N) is 1. The van der Waals surface area contributed by atoms with Gasteiger partial charge in [-0.15, -0.1) is 0 Å². The molecule has 0 bridgehead atoms. The van der Waals surface area contributed by atoms with Crippen molar-refractivity contribution in [2.24, 2.45) is 0 Å². The molecule has 1 saturated carbocycles. The number of benzene rings is 1. The van der Waals surface area contributed by atoms with E-state index >= 15 is 0 Å². The Hall–Kier alpha value is -1.45. The van der Waals surface area contributed by atoms with Crippen molar-refractivity contribution in [1.29, 1.82) is 0 Å². The third kappa shape index (κ3) is 4.05. The van der Waals surface area contributed by atoms with Gasteiger partial charge in [0.1, 0.15) is 0 Å². The molecule has 1 fully saturated rings. The van der Waals surface area contributed by atoms with Gasteiger partial charge in [-0.3, -0.25) is 4.79 Å². The Morgan fingerprint density at radius 2 is 1.64 bits per heavy atom. The van der Waals surface area contributed by atoms with Crippen LogP contribution in [0.1, 0.15) is 12.8 Å². The summed E-state index contributed by atoms with van der Waals surface area (Å²) in [4.78, 5) is 11.7. The van der Waals surface area contributed by atoms with Crippen LogP contribution in [-0.2, 0) is 24.7 Å². The molecule has 1 aromatic rings. The number of sulfone groups is 1. The zero-order valence-corrected chi connectivity index (χ0v) is 13.9. The highest BCUT2D eigenvalue weighted by Crippen LogP contribution is 2.19. The Labute approximate surface area is 130 Å². The molecule has 2 rings (SSSR count). The number of hydrogen-bond acceptors (Lipinski definition) is 5. The highest BCUT2D eigenvalue weighted by molar-refractivity contribution is 7.90. The average molecular weight is 346 g/mol. The minimum atomic E-state index is -3.83. The van der Waals surface area contributed by atoms with Crippen LogP contribution in [0.15, 0.2) is 34.1 Å². The van der Waals surface area contributed by atoms with E-state index in [-0.39, 0.29) is 28.3 Å². The van der Waals surface area contributed by atoms with Gasteiger partial charge in [0.05, 0.1) is 16.3 Å². The Morgan fingerprint density at radius 3 is 2.09 bits per heavy atom. The number of hydrogen-bond donors (Lipinski definition) is 1. The van der Waals surface area contributed by atoms with E-state index in [1.807, 2.05) is 0 Å². The highest BCUT2D eigenvalue weighted by atomic mass is 32.2. The first-order valence-corrected chi connectivity index (χ1v) is 9.99. The zero-order valence-electron chi connectivity index (χ0n) is 12.3. The van der Waals surface area contributed by atoms with Gasteiger partial charge in [0.25, 0.3) is 0 Å². The molecule has 1 aromatic carbocycles. The fourth-order valence-electron chi connectivity index (χ4n) is 1.83. The quantitative estimate of drug-likeness (QED) is 0.781. The molecule has 0 aromatic heterocycles. The predicted octanol–water partition coefficient (Wildman–Crippen LogP) is -0.0108. The third-order valence-electron chi connectivity index (χ3n) is 3.27. The molecule has 0 unspecified atom stereocenters. The van der Waals surface area contributed by atoms with Gasteiger partial charge in [0, 0.05) is 19.3 Å². The maximum atomic E-state index is 12.3. The molecule has 0 saturated heterocycles. The van der Waals surface area contributed by atoms with Crippen LogP contribution in [0.4, 0.5) is 0 Å². The van der Waals surface area contributed by atoms with Crippen molar-refractivity contribution in [1.82, 2.24) is 9.62 Å². The van der Waals surface area contributed by atoms with E-state index < -0.39 is 19.9 Å². The second kappa shape index (κ2) is 5.98. The van der Waals surface area contributed by atoms with Crippen molar-refractivity contribution in [2.75, 3.05) is 19.8 Å². The van der Waals surface area contributed by atoms with Crippen molar-refractivity contribution in [3.05, 3.63) is 24.3 Å². The summed E-state index contributed by atoms with van der Waals surface area (Å²) in [7, 11) is -5.91. The van der Waals surface area contributed by atoms with Crippen molar-refractivity contribution in [2.45, 2.75) is 28.7 Å². The van der Waals surface area contributed by atoms with Crippen LogP contribution in [0.25, 0.3) is 0 Å². The Kier molecular flexibility index (Phi) is 4.59. The average Bonchev–Trinajstić information content (AvgIpc) is 3.21. The van der Waals surface area contributed by atoms with Crippen LogP contribution >= 0.6 is 0 Å². The van der Waals surface area contributed by atoms with E-state index in [9.17, 15) is 21.6 Å². The van der Waals surface area contributed by atoms with Crippen LogP contribution in [-0.4, -0.2) is 52.9 Å². The standard InChI is InChI=1S/C13H18N2O5S2/c1-15(9-13(16)14-10-3-4-10)22(19,20)12-7-5-11(6-8-12)21(2,17)18/h5-8,10H,3-4,9H2,1-2H3,(H,14,16). The Bertz CT molecular complexity index is 765. The first-order chi connectivity index (χ1) is 10.1. The first kappa shape index (κ1) is 16.9. The third-order valence-corrected chi connectivity index (χ3v) is 6.21. The van der Waals surface area contributed by atoms with Crippen LogP contribution in [0.3, 0.4) is 0 Å². The molecule has 122 valence electrons. The van der Waals surface area contributed by atoms with E-state index in [1.54, 1.807) is 0 Å². The van der Waals surface area contributed by atoms with Gasteiger partial charge in [0.15, 0.2) is 9.84 Å². The van der Waals surface area contributed by atoms with Crippen LogP contribution in [0.5, 0.6) is 0 Å². The van der Waals surface area contributed by atoms with Crippen molar-refractivity contribution < 1.29 is 21.6 Å². The number of rotatable bonds is 6. The molecule has 22 heavy (non-hydrogen) atoms. The molecule has 0 aliphatic heterocycles. The molecule has 0 heterocycles. The Balaban J connectivity index is 2.12. The fraction of sp³-hybridized carbons (Fsp3) is 0.462. The second-order valence-electron chi connectivity index (χ2n) is 5.35. The molecule has 1 N–H and O–H groups in total. The van der Waals surface area contributed by atoms with E-state index in [4.69, 9.17) is 0 Å². The summed E-state index contributed by atoms with van der Waals surface area (Å²) in [5, 5.41) is 2.71. The van der Waals surface area contributed by atoms with Crippen LogP contribution in [0.2, 0.25) is 0 Å². The lowest BCUT2D eigenvalue weighted by atomic mass is 10.4. The number of sulfonamides is 1. The number of amides is 1. The topological polar surface area (TPSA) is 101 Å². The molecule has 1 amide bonds. The monoisotopic (exact) mass is 346 g/mol. The maximum absolute atomic E-state index is 12.3. The number of carbonyl (C=O) groups excluding carboxylic acids is 1. The summed E-state index contributed by atoms with van der Waals surface area (Å²) in [5.41, 5.74) is 0. The number of likely N-dealkylation sites (N-methyl/N-ethyl adjacent to an activating group) is 1. The minimum Gasteiger partial charge on any atom is -0.352 e. The van der Waals surface area contributed by atoms with Gasteiger partial charge in [-0.1, -0.05) is 0 Å². The summed E-state index contributed by atoms with van der Waals surface area (Å²) in [6.45, 7) is -0.271. The highest BCUT2D eigenvalue weighted by Gasteiger charge is 2.27. The molecule has 1 aliphatic carbocycles. The van der Waals surface area contributed by atoms with E-state index in [0.29, 0.717) is 0 Å². The van der Waals surface area contributed by atoms with E-state index in [1.165, 1.54) is 31.3 Å². The SMILES string of the molecule is CN(CC(=O)NC1CC1)S(=O)(=O)c1ccc(S(C)(=O)=O)cc1. The maximum Gasteiger partial charge on any atom is 0.243 e. The predicted molar refractivity (Wildman–Crippen MR) is 80.5 cm³/mol. The van der Waals surface area contributed by atoms with Crippen molar-refractivity contribution >= 4 is 25.8 Å². The molecule has 0 atom stereocenters. The number of carbonyl (C=O) groups is 1. The molecule has 1 aliphatic rings. The summed E-state index contributed by atoms with van der Waals surface area (Å²) in [6, 6.07) is 5.08. The van der Waals surface area contributed by atoms with Crippen molar-refractivity contribution in [3.8, 4) is 0 Å². The van der Waals surface area contributed by atoms with Crippen molar-refractivity contribution in [3.63, 3.8) is 0 Å². The summed E-state index contributed by atoms with van der Waals surface area (Å²) >= 11 is 0. The van der Waals surface area contributed by atoms with Gasteiger partial charge in [0.2, 0.25) is 15.9 Å². The summed E-state index contributed by atoms with van der Waals surface area (Å²) in [5.74, 6) is -0.346. The molecular weight excluding hydrogens is 328 g/mol.